The quantitative estimate of drug-likeness (QED) is 0.581. The molecular weight excluding hydrogens is 388 g/mol. The normalized spacial score (nSPS) is 11.6. The standard InChI is InChI=1S/C15H14Br2OS/c1-15(2,3)10-7-5-4-6-9(10)13(18)14-12(17)11(16)8-19-14/h4-8H,1-3H3. The predicted molar refractivity (Wildman–Crippen MR) is 88.3 cm³/mol. The van der Waals surface area contributed by atoms with Crippen LogP contribution in [0, 0.1) is 0 Å². The Kier molecular flexibility index (Phi) is 4.33. The van der Waals surface area contributed by atoms with Gasteiger partial charge in [-0.05, 0) is 42.8 Å². The van der Waals surface area contributed by atoms with Gasteiger partial charge in [-0.25, -0.2) is 0 Å². The van der Waals surface area contributed by atoms with E-state index in [1.807, 2.05) is 29.6 Å². The van der Waals surface area contributed by atoms with Crippen LogP contribution in [-0.2, 0) is 5.41 Å². The van der Waals surface area contributed by atoms with Crippen LogP contribution in [-0.4, -0.2) is 5.78 Å². The Balaban J connectivity index is 2.54. The maximum atomic E-state index is 12.7. The zero-order chi connectivity index (χ0) is 14.2. The third kappa shape index (κ3) is 3.01. The summed E-state index contributed by atoms with van der Waals surface area (Å²) in [4.78, 5) is 13.4. The molecular formula is C15H14Br2OS. The summed E-state index contributed by atoms with van der Waals surface area (Å²) in [7, 11) is 0. The van der Waals surface area contributed by atoms with Crippen molar-refractivity contribution < 1.29 is 4.79 Å². The fourth-order valence-corrected chi connectivity index (χ4v) is 4.04. The van der Waals surface area contributed by atoms with Crippen LogP contribution in [0.15, 0.2) is 38.6 Å². The van der Waals surface area contributed by atoms with Crippen molar-refractivity contribution in [3.8, 4) is 0 Å². The van der Waals surface area contributed by atoms with Crippen LogP contribution in [0.4, 0.5) is 0 Å². The Morgan fingerprint density at radius 2 is 1.79 bits per heavy atom. The molecule has 0 saturated carbocycles. The lowest BCUT2D eigenvalue weighted by Gasteiger charge is -2.22. The fraction of sp³-hybridized carbons (Fsp3) is 0.267. The summed E-state index contributed by atoms with van der Waals surface area (Å²) >= 11 is 8.35. The molecule has 0 aliphatic heterocycles. The molecule has 0 bridgehead atoms. The summed E-state index contributed by atoms with van der Waals surface area (Å²) in [6, 6.07) is 7.84. The second-order valence-corrected chi connectivity index (χ2v) is 7.88. The number of rotatable bonds is 2. The molecule has 0 aliphatic rings. The number of carbonyl (C=O) groups is 1. The van der Waals surface area contributed by atoms with E-state index >= 15 is 0 Å². The Bertz CT molecular complexity index is 623. The summed E-state index contributed by atoms with van der Waals surface area (Å²) in [5, 5.41) is 1.93. The lowest BCUT2D eigenvalue weighted by Crippen LogP contribution is -2.17. The van der Waals surface area contributed by atoms with E-state index < -0.39 is 0 Å². The molecule has 0 spiro atoms. The van der Waals surface area contributed by atoms with E-state index in [-0.39, 0.29) is 11.2 Å². The van der Waals surface area contributed by atoms with Gasteiger partial charge in [-0.1, -0.05) is 45.0 Å². The number of hydrogen-bond acceptors (Lipinski definition) is 2. The largest absolute Gasteiger partial charge is 0.288 e. The lowest BCUT2D eigenvalue weighted by atomic mass is 9.82. The second kappa shape index (κ2) is 5.51. The summed E-state index contributed by atoms with van der Waals surface area (Å²) in [5.41, 5.74) is 1.81. The van der Waals surface area contributed by atoms with Crippen molar-refractivity contribution in [2.75, 3.05) is 0 Å². The first-order valence-corrected chi connectivity index (χ1v) is 8.35. The first-order chi connectivity index (χ1) is 8.82. The third-order valence-electron chi connectivity index (χ3n) is 2.88. The SMILES string of the molecule is CC(C)(C)c1ccccc1C(=O)c1scc(Br)c1Br. The summed E-state index contributed by atoms with van der Waals surface area (Å²) < 4.78 is 1.76. The van der Waals surface area contributed by atoms with Crippen LogP contribution in [0.3, 0.4) is 0 Å². The van der Waals surface area contributed by atoms with Crippen molar-refractivity contribution in [3.63, 3.8) is 0 Å². The average molecular weight is 402 g/mol. The van der Waals surface area contributed by atoms with Crippen LogP contribution in [0.5, 0.6) is 0 Å². The van der Waals surface area contributed by atoms with E-state index in [1.165, 1.54) is 11.3 Å². The number of hydrogen-bond donors (Lipinski definition) is 0. The highest BCUT2D eigenvalue weighted by atomic mass is 79.9. The van der Waals surface area contributed by atoms with Crippen LogP contribution in [0.1, 0.15) is 41.6 Å². The third-order valence-corrected chi connectivity index (χ3v) is 6.40. The minimum Gasteiger partial charge on any atom is -0.288 e. The molecule has 4 heteroatoms. The van der Waals surface area contributed by atoms with E-state index in [1.54, 1.807) is 0 Å². The maximum Gasteiger partial charge on any atom is 0.204 e. The van der Waals surface area contributed by atoms with E-state index in [9.17, 15) is 4.79 Å². The summed E-state index contributed by atoms with van der Waals surface area (Å²) in [6.45, 7) is 6.37. The molecule has 0 unspecified atom stereocenters. The Morgan fingerprint density at radius 1 is 1.16 bits per heavy atom. The highest BCUT2D eigenvalue weighted by Gasteiger charge is 2.24. The van der Waals surface area contributed by atoms with Gasteiger partial charge in [0.1, 0.15) is 0 Å². The van der Waals surface area contributed by atoms with Gasteiger partial charge in [0.2, 0.25) is 5.78 Å². The molecule has 1 heterocycles. The zero-order valence-electron chi connectivity index (χ0n) is 11.0. The maximum absolute atomic E-state index is 12.7. The van der Waals surface area contributed by atoms with E-state index in [0.29, 0.717) is 0 Å². The molecule has 0 N–H and O–H groups in total. The highest BCUT2D eigenvalue weighted by Crippen LogP contribution is 2.36. The number of carbonyl (C=O) groups excluding carboxylic acids is 1. The Labute approximate surface area is 134 Å². The molecule has 0 aliphatic carbocycles. The number of halogens is 2. The van der Waals surface area contributed by atoms with Gasteiger partial charge in [-0.2, -0.15) is 0 Å². The van der Waals surface area contributed by atoms with Crippen molar-refractivity contribution in [2.45, 2.75) is 26.2 Å². The average Bonchev–Trinajstić information content (AvgIpc) is 2.68. The highest BCUT2D eigenvalue weighted by molar-refractivity contribution is 9.13. The van der Waals surface area contributed by atoms with Gasteiger partial charge in [0.25, 0.3) is 0 Å². The number of benzene rings is 1. The first kappa shape index (κ1) is 14.9. The van der Waals surface area contributed by atoms with Crippen LogP contribution >= 0.6 is 43.2 Å². The van der Waals surface area contributed by atoms with Crippen LogP contribution in [0.25, 0.3) is 0 Å². The number of ketones is 1. The summed E-state index contributed by atoms with van der Waals surface area (Å²) in [5.74, 6) is 0.0769. The minimum atomic E-state index is -0.0484. The van der Waals surface area contributed by atoms with Crippen LogP contribution < -0.4 is 0 Å². The molecule has 100 valence electrons. The van der Waals surface area contributed by atoms with Crippen molar-refractivity contribution in [1.82, 2.24) is 0 Å². The zero-order valence-corrected chi connectivity index (χ0v) is 14.9. The Hall–Kier alpha value is -0.450. The smallest absolute Gasteiger partial charge is 0.204 e. The van der Waals surface area contributed by atoms with Gasteiger partial charge in [0.05, 0.1) is 9.35 Å². The van der Waals surface area contributed by atoms with Gasteiger partial charge >= 0.3 is 0 Å². The molecule has 0 amide bonds. The molecule has 0 fully saturated rings. The number of thiophene rings is 1. The van der Waals surface area contributed by atoms with Crippen molar-refractivity contribution in [1.29, 1.82) is 0 Å². The predicted octanol–water partition coefficient (Wildman–Crippen LogP) is 5.80. The molecule has 0 saturated heterocycles. The molecule has 0 atom stereocenters. The van der Waals surface area contributed by atoms with Gasteiger partial charge in [-0.15, -0.1) is 11.3 Å². The first-order valence-electron chi connectivity index (χ1n) is 5.89. The van der Waals surface area contributed by atoms with Gasteiger partial charge in [-0.3, -0.25) is 4.79 Å². The molecule has 1 aromatic carbocycles. The van der Waals surface area contributed by atoms with E-state index in [0.717, 1.165) is 24.9 Å². The molecule has 2 aromatic rings. The second-order valence-electron chi connectivity index (χ2n) is 5.35. The fourth-order valence-electron chi connectivity index (χ4n) is 1.93. The Morgan fingerprint density at radius 3 is 2.32 bits per heavy atom. The van der Waals surface area contributed by atoms with Crippen molar-refractivity contribution >= 4 is 49.0 Å². The molecule has 2 rings (SSSR count). The molecule has 0 radical (unpaired) electrons. The van der Waals surface area contributed by atoms with Crippen LogP contribution in [0.2, 0.25) is 0 Å². The molecule has 1 nitrogen and oxygen atoms in total. The minimum absolute atomic E-state index is 0.0484. The topological polar surface area (TPSA) is 17.1 Å². The molecule has 1 aromatic heterocycles. The van der Waals surface area contributed by atoms with E-state index in [4.69, 9.17) is 0 Å². The van der Waals surface area contributed by atoms with Gasteiger partial charge in [0, 0.05) is 15.4 Å². The van der Waals surface area contributed by atoms with Crippen molar-refractivity contribution in [3.05, 3.63) is 54.6 Å². The summed E-state index contributed by atoms with van der Waals surface area (Å²) in [6.07, 6.45) is 0. The molecule has 19 heavy (non-hydrogen) atoms. The van der Waals surface area contributed by atoms with E-state index in [2.05, 4.69) is 52.6 Å². The van der Waals surface area contributed by atoms with Gasteiger partial charge < -0.3 is 0 Å². The monoisotopic (exact) mass is 400 g/mol. The lowest BCUT2D eigenvalue weighted by molar-refractivity contribution is 0.103. The van der Waals surface area contributed by atoms with Gasteiger partial charge in [0.15, 0.2) is 0 Å². The van der Waals surface area contributed by atoms with Crippen molar-refractivity contribution in [2.24, 2.45) is 0 Å².